The van der Waals surface area contributed by atoms with Gasteiger partial charge in [-0.05, 0) is 25.5 Å². The van der Waals surface area contributed by atoms with Gasteiger partial charge in [0, 0.05) is 11.6 Å². The summed E-state index contributed by atoms with van der Waals surface area (Å²) in [5, 5.41) is 9.63. The Morgan fingerprint density at radius 3 is 2.31 bits per heavy atom. The minimum absolute atomic E-state index is 0.374. The highest BCUT2D eigenvalue weighted by atomic mass is 35.5. The van der Waals surface area contributed by atoms with Gasteiger partial charge in [-0.2, -0.15) is 0 Å². The van der Waals surface area contributed by atoms with Crippen molar-refractivity contribution < 1.29 is 14.6 Å². The van der Waals surface area contributed by atoms with Crippen molar-refractivity contribution in [1.29, 1.82) is 0 Å². The SMILES string of the molecule is COc1cc(C)c(C(O)C(C)Cl)c(OC)c1. The molecule has 16 heavy (non-hydrogen) atoms. The van der Waals surface area contributed by atoms with E-state index in [4.69, 9.17) is 21.1 Å². The molecule has 0 spiro atoms. The van der Waals surface area contributed by atoms with E-state index in [0.717, 1.165) is 5.56 Å². The van der Waals surface area contributed by atoms with E-state index in [1.54, 1.807) is 27.2 Å². The van der Waals surface area contributed by atoms with Gasteiger partial charge in [-0.25, -0.2) is 0 Å². The highest BCUT2D eigenvalue weighted by molar-refractivity contribution is 6.20. The Hall–Kier alpha value is -0.930. The van der Waals surface area contributed by atoms with Crippen LogP contribution >= 0.6 is 11.6 Å². The Labute approximate surface area is 101 Å². The van der Waals surface area contributed by atoms with Crippen molar-refractivity contribution in [3.63, 3.8) is 0 Å². The van der Waals surface area contributed by atoms with Gasteiger partial charge in [0.05, 0.1) is 25.7 Å². The maximum atomic E-state index is 10.0. The van der Waals surface area contributed by atoms with Crippen molar-refractivity contribution in [2.45, 2.75) is 25.3 Å². The van der Waals surface area contributed by atoms with Crippen LogP contribution in [0.4, 0.5) is 0 Å². The predicted molar refractivity (Wildman–Crippen MR) is 64.6 cm³/mol. The van der Waals surface area contributed by atoms with E-state index >= 15 is 0 Å². The molecular weight excluding hydrogens is 228 g/mol. The molecule has 0 amide bonds. The summed E-state index contributed by atoms with van der Waals surface area (Å²) in [7, 11) is 3.15. The van der Waals surface area contributed by atoms with Crippen molar-refractivity contribution in [1.82, 2.24) is 0 Å². The third-order valence-electron chi connectivity index (χ3n) is 2.51. The molecule has 1 rings (SSSR count). The number of rotatable bonds is 4. The summed E-state index contributed by atoms with van der Waals surface area (Å²) in [6.45, 7) is 3.64. The number of aliphatic hydroxyl groups is 1. The van der Waals surface area contributed by atoms with Crippen LogP contribution in [0.15, 0.2) is 12.1 Å². The van der Waals surface area contributed by atoms with E-state index in [1.165, 1.54) is 0 Å². The maximum Gasteiger partial charge on any atom is 0.128 e. The van der Waals surface area contributed by atoms with E-state index in [0.29, 0.717) is 17.1 Å². The minimum Gasteiger partial charge on any atom is -0.497 e. The average molecular weight is 245 g/mol. The first-order valence-electron chi connectivity index (χ1n) is 5.06. The van der Waals surface area contributed by atoms with Crippen molar-refractivity contribution >= 4 is 11.6 Å². The first-order valence-corrected chi connectivity index (χ1v) is 5.49. The van der Waals surface area contributed by atoms with Gasteiger partial charge in [0.15, 0.2) is 0 Å². The molecule has 1 aromatic rings. The van der Waals surface area contributed by atoms with Crippen LogP contribution in [0.25, 0.3) is 0 Å². The summed E-state index contributed by atoms with van der Waals surface area (Å²) in [5.74, 6) is 1.30. The van der Waals surface area contributed by atoms with Gasteiger partial charge in [0.25, 0.3) is 0 Å². The second-order valence-corrected chi connectivity index (χ2v) is 4.37. The summed E-state index contributed by atoms with van der Waals surface area (Å²) in [4.78, 5) is 0. The third-order valence-corrected chi connectivity index (χ3v) is 2.75. The third kappa shape index (κ3) is 2.60. The zero-order chi connectivity index (χ0) is 12.3. The van der Waals surface area contributed by atoms with Gasteiger partial charge in [-0.15, -0.1) is 11.6 Å². The van der Waals surface area contributed by atoms with E-state index in [-0.39, 0.29) is 5.38 Å². The van der Waals surface area contributed by atoms with E-state index in [2.05, 4.69) is 0 Å². The van der Waals surface area contributed by atoms with Crippen LogP contribution in [0.3, 0.4) is 0 Å². The average Bonchev–Trinajstić information content (AvgIpc) is 2.26. The van der Waals surface area contributed by atoms with Gasteiger partial charge in [0.1, 0.15) is 11.5 Å². The quantitative estimate of drug-likeness (QED) is 0.828. The lowest BCUT2D eigenvalue weighted by Crippen LogP contribution is -2.11. The first-order chi connectivity index (χ1) is 7.51. The lowest BCUT2D eigenvalue weighted by atomic mass is 10.00. The van der Waals surface area contributed by atoms with Crippen LogP contribution in [0.2, 0.25) is 0 Å². The number of hydrogen-bond acceptors (Lipinski definition) is 3. The molecular formula is C12H17ClO3. The van der Waals surface area contributed by atoms with E-state index in [9.17, 15) is 5.11 Å². The summed E-state index contributed by atoms with van der Waals surface area (Å²) >= 11 is 5.90. The van der Waals surface area contributed by atoms with E-state index < -0.39 is 6.10 Å². The van der Waals surface area contributed by atoms with Crippen molar-refractivity contribution in [2.24, 2.45) is 0 Å². The second-order valence-electron chi connectivity index (χ2n) is 3.68. The number of halogens is 1. The summed E-state index contributed by atoms with van der Waals surface area (Å²) < 4.78 is 10.4. The lowest BCUT2D eigenvalue weighted by Gasteiger charge is -2.20. The molecule has 0 saturated heterocycles. The van der Waals surface area contributed by atoms with Crippen molar-refractivity contribution in [2.75, 3.05) is 14.2 Å². The Kier molecular flexibility index (Phi) is 4.44. The monoisotopic (exact) mass is 244 g/mol. The summed E-state index contributed by atoms with van der Waals surface area (Å²) in [5.41, 5.74) is 1.61. The predicted octanol–water partition coefficient (Wildman–Crippen LogP) is 2.67. The molecule has 0 aliphatic heterocycles. The Balaban J connectivity index is 3.26. The molecule has 2 unspecified atom stereocenters. The Morgan fingerprint density at radius 2 is 1.88 bits per heavy atom. The number of hydrogen-bond donors (Lipinski definition) is 1. The van der Waals surface area contributed by atoms with Gasteiger partial charge in [0.2, 0.25) is 0 Å². The molecule has 0 aliphatic carbocycles. The van der Waals surface area contributed by atoms with Crippen LogP contribution in [0.5, 0.6) is 11.5 Å². The normalized spacial score (nSPS) is 14.4. The molecule has 0 saturated carbocycles. The number of aryl methyl sites for hydroxylation is 1. The lowest BCUT2D eigenvalue weighted by molar-refractivity contribution is 0.172. The molecule has 0 heterocycles. The van der Waals surface area contributed by atoms with Gasteiger partial charge in [-0.1, -0.05) is 0 Å². The standard InChI is InChI=1S/C12H17ClO3/c1-7-5-9(15-3)6-10(16-4)11(7)12(14)8(2)13/h5-6,8,12,14H,1-4H3. The number of aliphatic hydroxyl groups excluding tert-OH is 1. The fourth-order valence-electron chi connectivity index (χ4n) is 1.63. The van der Waals surface area contributed by atoms with Crippen LogP contribution in [-0.2, 0) is 0 Å². The molecule has 0 aliphatic rings. The molecule has 3 nitrogen and oxygen atoms in total. The number of alkyl halides is 1. The molecule has 0 aromatic heterocycles. The number of methoxy groups -OCH3 is 2. The topological polar surface area (TPSA) is 38.7 Å². The zero-order valence-corrected chi connectivity index (χ0v) is 10.7. The molecule has 1 N–H and O–H groups in total. The number of ether oxygens (including phenoxy) is 2. The minimum atomic E-state index is -0.748. The molecule has 90 valence electrons. The van der Waals surface area contributed by atoms with Crippen LogP contribution in [0.1, 0.15) is 24.2 Å². The van der Waals surface area contributed by atoms with Gasteiger partial charge < -0.3 is 14.6 Å². The zero-order valence-electron chi connectivity index (χ0n) is 9.95. The largest absolute Gasteiger partial charge is 0.497 e. The molecule has 0 bridgehead atoms. The maximum absolute atomic E-state index is 10.0. The highest BCUT2D eigenvalue weighted by Gasteiger charge is 2.21. The van der Waals surface area contributed by atoms with Crippen molar-refractivity contribution in [3.8, 4) is 11.5 Å². The Bertz CT molecular complexity index is 364. The molecule has 1 aromatic carbocycles. The van der Waals surface area contributed by atoms with Gasteiger partial charge >= 0.3 is 0 Å². The molecule has 2 atom stereocenters. The molecule has 4 heteroatoms. The second kappa shape index (κ2) is 5.41. The van der Waals surface area contributed by atoms with Crippen molar-refractivity contribution in [3.05, 3.63) is 23.3 Å². The smallest absolute Gasteiger partial charge is 0.128 e. The first kappa shape index (κ1) is 13.1. The number of benzene rings is 1. The Morgan fingerprint density at radius 1 is 1.25 bits per heavy atom. The van der Waals surface area contributed by atoms with Crippen LogP contribution in [0, 0.1) is 6.92 Å². The molecule has 0 radical (unpaired) electrons. The van der Waals surface area contributed by atoms with Gasteiger partial charge in [-0.3, -0.25) is 0 Å². The summed E-state index contributed by atoms with van der Waals surface area (Å²) in [6.07, 6.45) is -0.748. The molecule has 0 fully saturated rings. The highest BCUT2D eigenvalue weighted by Crippen LogP contribution is 2.35. The van der Waals surface area contributed by atoms with Crippen LogP contribution in [-0.4, -0.2) is 24.7 Å². The summed E-state index contributed by atoms with van der Waals surface area (Å²) in [6, 6.07) is 3.59. The van der Waals surface area contributed by atoms with Crippen LogP contribution < -0.4 is 9.47 Å². The van der Waals surface area contributed by atoms with E-state index in [1.807, 2.05) is 13.0 Å². The fraction of sp³-hybridized carbons (Fsp3) is 0.500. The fourth-order valence-corrected chi connectivity index (χ4v) is 1.76.